The van der Waals surface area contributed by atoms with Crippen LogP contribution in [0, 0.1) is 0 Å². The van der Waals surface area contributed by atoms with E-state index in [2.05, 4.69) is 23.8 Å². The average molecular weight is 242 g/mol. The molecule has 4 heteroatoms. The molecule has 0 bridgehead atoms. The van der Waals surface area contributed by atoms with Gasteiger partial charge in [0.05, 0.1) is 5.56 Å². The predicted octanol–water partition coefficient (Wildman–Crippen LogP) is 2.97. The van der Waals surface area contributed by atoms with Crippen molar-refractivity contribution in [3.8, 4) is 11.4 Å². The Kier molecular flexibility index (Phi) is 3.37. The molecule has 0 saturated carbocycles. The third kappa shape index (κ3) is 2.53. The lowest BCUT2D eigenvalue weighted by Crippen LogP contribution is -1.99. The fourth-order valence-corrected chi connectivity index (χ4v) is 1.62. The lowest BCUT2D eigenvalue weighted by molar-refractivity contribution is 0.0697. The first-order chi connectivity index (χ1) is 8.58. The molecule has 2 aromatic rings. The minimum atomic E-state index is -0.947. The zero-order valence-electron chi connectivity index (χ0n) is 10.3. The van der Waals surface area contributed by atoms with E-state index in [0.29, 0.717) is 11.7 Å². The molecule has 2 rings (SSSR count). The van der Waals surface area contributed by atoms with Gasteiger partial charge in [0.1, 0.15) is 0 Å². The Hall–Kier alpha value is -2.23. The molecule has 1 N–H and O–H groups in total. The van der Waals surface area contributed by atoms with Gasteiger partial charge in [-0.3, -0.25) is 0 Å². The Balaban J connectivity index is 2.45. The van der Waals surface area contributed by atoms with Crippen LogP contribution in [0.3, 0.4) is 0 Å². The highest BCUT2D eigenvalue weighted by Gasteiger charge is 2.08. The molecule has 1 aromatic heterocycles. The monoisotopic (exact) mass is 242 g/mol. The number of nitrogens with zero attached hydrogens (tertiary/aromatic N) is 2. The summed E-state index contributed by atoms with van der Waals surface area (Å²) in [5.41, 5.74) is 1.91. The molecule has 92 valence electrons. The van der Waals surface area contributed by atoms with E-state index in [1.54, 1.807) is 24.4 Å². The molecular weight excluding hydrogens is 228 g/mol. The number of hydrogen-bond acceptors (Lipinski definition) is 3. The normalized spacial score (nSPS) is 10.6. The summed E-state index contributed by atoms with van der Waals surface area (Å²) in [6.07, 6.45) is 1.70. The third-order valence-corrected chi connectivity index (χ3v) is 2.64. The number of hydrogen-bond donors (Lipinski definition) is 1. The van der Waals surface area contributed by atoms with Crippen LogP contribution in [0.2, 0.25) is 0 Å². The number of carbonyl (C=O) groups is 1. The molecule has 0 saturated heterocycles. The second-order valence-electron chi connectivity index (χ2n) is 4.35. The average Bonchev–Trinajstić information content (AvgIpc) is 2.39. The Morgan fingerprint density at radius 1 is 1.28 bits per heavy atom. The maximum atomic E-state index is 10.9. The third-order valence-electron chi connectivity index (χ3n) is 2.64. The van der Waals surface area contributed by atoms with Gasteiger partial charge in [-0.05, 0) is 24.1 Å². The molecule has 0 amide bonds. The fraction of sp³-hybridized carbons (Fsp3) is 0.214. The standard InChI is InChI=1S/C14H14N2O2/c1-9(2)12-6-7-15-13(16-12)10-4-3-5-11(8-10)14(17)18/h3-9H,1-2H3,(H,17,18). The van der Waals surface area contributed by atoms with E-state index in [1.807, 2.05) is 12.1 Å². The van der Waals surface area contributed by atoms with Crippen LogP contribution in [0.4, 0.5) is 0 Å². The summed E-state index contributed by atoms with van der Waals surface area (Å²) in [6, 6.07) is 8.52. The Morgan fingerprint density at radius 2 is 2.06 bits per heavy atom. The Labute approximate surface area is 105 Å². The van der Waals surface area contributed by atoms with E-state index >= 15 is 0 Å². The molecule has 0 aliphatic carbocycles. The number of benzene rings is 1. The SMILES string of the molecule is CC(C)c1ccnc(-c2cccc(C(=O)O)c2)n1. The zero-order valence-corrected chi connectivity index (χ0v) is 10.3. The molecule has 0 aliphatic rings. The van der Waals surface area contributed by atoms with Crippen molar-refractivity contribution in [2.75, 3.05) is 0 Å². The highest BCUT2D eigenvalue weighted by Crippen LogP contribution is 2.19. The van der Waals surface area contributed by atoms with Crippen molar-refractivity contribution in [2.45, 2.75) is 19.8 Å². The van der Waals surface area contributed by atoms with Crippen LogP contribution in [0.5, 0.6) is 0 Å². The van der Waals surface area contributed by atoms with Crippen LogP contribution >= 0.6 is 0 Å². The van der Waals surface area contributed by atoms with Crippen LogP contribution in [0.1, 0.15) is 35.8 Å². The summed E-state index contributed by atoms with van der Waals surface area (Å²) in [4.78, 5) is 19.5. The van der Waals surface area contributed by atoms with Crippen LogP contribution in [-0.2, 0) is 0 Å². The van der Waals surface area contributed by atoms with Gasteiger partial charge in [-0.2, -0.15) is 0 Å². The molecule has 0 atom stereocenters. The highest BCUT2D eigenvalue weighted by molar-refractivity contribution is 5.89. The van der Waals surface area contributed by atoms with Gasteiger partial charge in [-0.15, -0.1) is 0 Å². The van der Waals surface area contributed by atoms with Gasteiger partial charge >= 0.3 is 5.97 Å². The zero-order chi connectivity index (χ0) is 13.1. The highest BCUT2D eigenvalue weighted by atomic mass is 16.4. The molecule has 1 aromatic carbocycles. The minimum absolute atomic E-state index is 0.242. The van der Waals surface area contributed by atoms with Gasteiger partial charge in [0, 0.05) is 17.5 Å². The summed E-state index contributed by atoms with van der Waals surface area (Å²) in [5, 5.41) is 8.96. The molecule has 0 spiro atoms. The Bertz CT molecular complexity index is 580. The van der Waals surface area contributed by atoms with Crippen molar-refractivity contribution in [1.29, 1.82) is 0 Å². The second kappa shape index (κ2) is 4.96. The molecule has 0 radical (unpaired) electrons. The van der Waals surface area contributed by atoms with E-state index in [9.17, 15) is 4.79 Å². The summed E-state index contributed by atoms with van der Waals surface area (Å²) in [6.45, 7) is 4.11. The minimum Gasteiger partial charge on any atom is -0.478 e. The lowest BCUT2D eigenvalue weighted by atomic mass is 10.1. The van der Waals surface area contributed by atoms with E-state index in [1.165, 1.54) is 0 Å². The first-order valence-corrected chi connectivity index (χ1v) is 5.74. The van der Waals surface area contributed by atoms with E-state index in [4.69, 9.17) is 5.11 Å². The lowest BCUT2D eigenvalue weighted by Gasteiger charge is -2.06. The van der Waals surface area contributed by atoms with Crippen LogP contribution in [0.15, 0.2) is 36.5 Å². The van der Waals surface area contributed by atoms with Crippen molar-refractivity contribution >= 4 is 5.97 Å². The van der Waals surface area contributed by atoms with Crippen molar-refractivity contribution in [1.82, 2.24) is 9.97 Å². The van der Waals surface area contributed by atoms with Gasteiger partial charge < -0.3 is 5.11 Å². The molecule has 1 heterocycles. The second-order valence-corrected chi connectivity index (χ2v) is 4.35. The van der Waals surface area contributed by atoms with Gasteiger partial charge in [0.2, 0.25) is 0 Å². The maximum absolute atomic E-state index is 10.9. The van der Waals surface area contributed by atoms with E-state index < -0.39 is 5.97 Å². The van der Waals surface area contributed by atoms with Crippen LogP contribution in [0.25, 0.3) is 11.4 Å². The van der Waals surface area contributed by atoms with Gasteiger partial charge in [0.15, 0.2) is 5.82 Å². The van der Waals surface area contributed by atoms with E-state index in [0.717, 1.165) is 11.3 Å². The summed E-state index contributed by atoms with van der Waals surface area (Å²) in [5.74, 6) is -0.0735. The number of aromatic carboxylic acids is 1. The number of rotatable bonds is 3. The first-order valence-electron chi connectivity index (χ1n) is 5.74. The molecule has 18 heavy (non-hydrogen) atoms. The largest absolute Gasteiger partial charge is 0.478 e. The van der Waals surface area contributed by atoms with Crippen molar-refractivity contribution < 1.29 is 9.90 Å². The van der Waals surface area contributed by atoms with Crippen molar-refractivity contribution in [3.05, 3.63) is 47.8 Å². The smallest absolute Gasteiger partial charge is 0.335 e. The molecule has 0 fully saturated rings. The molecule has 4 nitrogen and oxygen atoms in total. The maximum Gasteiger partial charge on any atom is 0.335 e. The van der Waals surface area contributed by atoms with Crippen molar-refractivity contribution in [3.63, 3.8) is 0 Å². The fourth-order valence-electron chi connectivity index (χ4n) is 1.62. The molecule has 0 unspecified atom stereocenters. The molecule has 0 aliphatic heterocycles. The van der Waals surface area contributed by atoms with Gasteiger partial charge in [-0.25, -0.2) is 14.8 Å². The first kappa shape index (κ1) is 12.2. The van der Waals surface area contributed by atoms with Crippen LogP contribution < -0.4 is 0 Å². The Morgan fingerprint density at radius 3 is 2.72 bits per heavy atom. The molecular formula is C14H14N2O2. The number of carboxylic acid groups (broad SMARTS) is 1. The van der Waals surface area contributed by atoms with Crippen molar-refractivity contribution in [2.24, 2.45) is 0 Å². The summed E-state index contributed by atoms with van der Waals surface area (Å²) in [7, 11) is 0. The topological polar surface area (TPSA) is 63.1 Å². The summed E-state index contributed by atoms with van der Waals surface area (Å²) < 4.78 is 0. The number of carboxylic acids is 1. The summed E-state index contributed by atoms with van der Waals surface area (Å²) >= 11 is 0. The quantitative estimate of drug-likeness (QED) is 0.898. The number of aromatic nitrogens is 2. The predicted molar refractivity (Wildman–Crippen MR) is 68.5 cm³/mol. The van der Waals surface area contributed by atoms with Gasteiger partial charge in [-0.1, -0.05) is 26.0 Å². The van der Waals surface area contributed by atoms with E-state index in [-0.39, 0.29) is 5.56 Å². The van der Waals surface area contributed by atoms with Gasteiger partial charge in [0.25, 0.3) is 0 Å². The van der Waals surface area contributed by atoms with Crippen LogP contribution in [-0.4, -0.2) is 21.0 Å².